The summed E-state index contributed by atoms with van der Waals surface area (Å²) in [5, 5.41) is 9.77. The second kappa shape index (κ2) is 3.55. The largest absolute Gasteiger partial charge is 0.389 e. The molecule has 1 aliphatic rings. The molecular weight excluding hydrogens is 140 g/mol. The lowest BCUT2D eigenvalue weighted by atomic mass is 10.1. The Morgan fingerprint density at radius 2 is 2.36 bits per heavy atom. The highest BCUT2D eigenvalue weighted by molar-refractivity contribution is 5.02. The van der Waals surface area contributed by atoms with E-state index in [1.54, 1.807) is 7.11 Å². The van der Waals surface area contributed by atoms with Gasteiger partial charge in [0.15, 0.2) is 0 Å². The third kappa shape index (κ3) is 2.17. The van der Waals surface area contributed by atoms with Gasteiger partial charge in [-0.3, -0.25) is 0 Å². The molecule has 66 valence electrons. The van der Waals surface area contributed by atoms with Crippen molar-refractivity contribution in [2.45, 2.75) is 38.2 Å². The molecular formula is C9H18O2. The van der Waals surface area contributed by atoms with Gasteiger partial charge in [-0.05, 0) is 25.2 Å². The molecule has 2 unspecified atom stereocenters. The number of hydrogen-bond donors (Lipinski definition) is 1. The molecule has 2 nitrogen and oxygen atoms in total. The van der Waals surface area contributed by atoms with Crippen molar-refractivity contribution < 1.29 is 9.84 Å². The number of ether oxygens (including phenoxy) is 1. The SMILES string of the molecule is CCCC1CC1(O)CCOC. The Kier molecular flexibility index (Phi) is 2.90. The van der Waals surface area contributed by atoms with Gasteiger partial charge in [0.05, 0.1) is 5.60 Å². The van der Waals surface area contributed by atoms with Crippen molar-refractivity contribution in [1.29, 1.82) is 0 Å². The predicted octanol–water partition coefficient (Wildman–Crippen LogP) is 1.57. The van der Waals surface area contributed by atoms with Crippen LogP contribution in [0.3, 0.4) is 0 Å². The molecule has 0 heterocycles. The fourth-order valence-corrected chi connectivity index (χ4v) is 1.67. The van der Waals surface area contributed by atoms with Gasteiger partial charge in [0.25, 0.3) is 0 Å². The van der Waals surface area contributed by atoms with Crippen LogP contribution in [0.5, 0.6) is 0 Å². The highest BCUT2D eigenvalue weighted by atomic mass is 16.5. The molecule has 1 N–H and O–H groups in total. The second-order valence-electron chi connectivity index (χ2n) is 3.54. The number of rotatable bonds is 5. The van der Waals surface area contributed by atoms with Crippen LogP contribution in [0.4, 0.5) is 0 Å². The predicted molar refractivity (Wildman–Crippen MR) is 44.5 cm³/mol. The van der Waals surface area contributed by atoms with E-state index in [9.17, 15) is 5.11 Å². The Morgan fingerprint density at radius 1 is 1.64 bits per heavy atom. The topological polar surface area (TPSA) is 29.5 Å². The minimum atomic E-state index is -0.355. The third-order valence-electron chi connectivity index (χ3n) is 2.58. The summed E-state index contributed by atoms with van der Waals surface area (Å²) in [6, 6.07) is 0. The Balaban J connectivity index is 2.14. The number of hydrogen-bond acceptors (Lipinski definition) is 2. The molecule has 1 fully saturated rings. The molecule has 0 aromatic rings. The number of methoxy groups -OCH3 is 1. The van der Waals surface area contributed by atoms with Gasteiger partial charge in [-0.15, -0.1) is 0 Å². The van der Waals surface area contributed by atoms with E-state index in [0.29, 0.717) is 12.5 Å². The summed E-state index contributed by atoms with van der Waals surface area (Å²) in [5.41, 5.74) is -0.355. The summed E-state index contributed by atoms with van der Waals surface area (Å²) in [6.45, 7) is 2.85. The molecule has 0 saturated heterocycles. The zero-order valence-electron chi connectivity index (χ0n) is 7.47. The van der Waals surface area contributed by atoms with Crippen LogP contribution in [0.1, 0.15) is 32.6 Å². The van der Waals surface area contributed by atoms with Gasteiger partial charge in [0.1, 0.15) is 0 Å². The molecule has 11 heavy (non-hydrogen) atoms. The van der Waals surface area contributed by atoms with Gasteiger partial charge < -0.3 is 9.84 Å². The monoisotopic (exact) mass is 158 g/mol. The van der Waals surface area contributed by atoms with Gasteiger partial charge in [-0.25, -0.2) is 0 Å². The average Bonchev–Trinajstić information content (AvgIpc) is 2.60. The minimum absolute atomic E-state index is 0.355. The molecule has 0 radical (unpaired) electrons. The van der Waals surface area contributed by atoms with Crippen LogP contribution < -0.4 is 0 Å². The lowest BCUT2D eigenvalue weighted by molar-refractivity contribution is 0.0783. The molecule has 0 aliphatic heterocycles. The van der Waals surface area contributed by atoms with Crippen LogP contribution in [0.25, 0.3) is 0 Å². The third-order valence-corrected chi connectivity index (χ3v) is 2.58. The molecule has 0 bridgehead atoms. The summed E-state index contributed by atoms with van der Waals surface area (Å²) in [7, 11) is 1.68. The minimum Gasteiger partial charge on any atom is -0.389 e. The maximum absolute atomic E-state index is 9.77. The maximum atomic E-state index is 9.77. The van der Waals surface area contributed by atoms with Crippen molar-refractivity contribution in [1.82, 2.24) is 0 Å². The van der Waals surface area contributed by atoms with Crippen LogP contribution in [-0.2, 0) is 4.74 Å². The zero-order chi connectivity index (χ0) is 8.32. The van der Waals surface area contributed by atoms with E-state index in [4.69, 9.17) is 4.74 Å². The van der Waals surface area contributed by atoms with E-state index in [2.05, 4.69) is 6.92 Å². The van der Waals surface area contributed by atoms with Crippen molar-refractivity contribution >= 4 is 0 Å². The first kappa shape index (κ1) is 9.01. The average molecular weight is 158 g/mol. The Morgan fingerprint density at radius 3 is 2.91 bits per heavy atom. The van der Waals surface area contributed by atoms with E-state index in [1.165, 1.54) is 12.8 Å². The molecule has 2 atom stereocenters. The molecule has 1 aliphatic carbocycles. The van der Waals surface area contributed by atoms with E-state index >= 15 is 0 Å². The van der Waals surface area contributed by atoms with E-state index in [-0.39, 0.29) is 5.60 Å². The first-order valence-corrected chi connectivity index (χ1v) is 4.44. The standard InChI is InChI=1S/C9H18O2/c1-3-4-8-7-9(8,10)5-6-11-2/h8,10H,3-7H2,1-2H3. The lowest BCUT2D eigenvalue weighted by Gasteiger charge is -2.08. The molecule has 1 saturated carbocycles. The molecule has 0 aromatic carbocycles. The van der Waals surface area contributed by atoms with Crippen LogP contribution in [0.15, 0.2) is 0 Å². The highest BCUT2D eigenvalue weighted by Gasteiger charge is 2.51. The highest BCUT2D eigenvalue weighted by Crippen LogP contribution is 2.48. The maximum Gasteiger partial charge on any atom is 0.0702 e. The normalized spacial score (nSPS) is 35.7. The van der Waals surface area contributed by atoms with Crippen molar-refractivity contribution in [2.24, 2.45) is 5.92 Å². The van der Waals surface area contributed by atoms with Crippen LogP contribution in [0.2, 0.25) is 0 Å². The van der Waals surface area contributed by atoms with Gasteiger partial charge in [0.2, 0.25) is 0 Å². The number of aliphatic hydroxyl groups is 1. The zero-order valence-corrected chi connectivity index (χ0v) is 7.47. The first-order valence-electron chi connectivity index (χ1n) is 4.44. The summed E-state index contributed by atoms with van der Waals surface area (Å²) >= 11 is 0. The molecule has 0 amide bonds. The van der Waals surface area contributed by atoms with Gasteiger partial charge >= 0.3 is 0 Å². The first-order chi connectivity index (χ1) is 5.23. The Hall–Kier alpha value is -0.0800. The molecule has 0 aromatic heterocycles. The molecule has 1 rings (SSSR count). The molecule has 2 heteroatoms. The summed E-state index contributed by atoms with van der Waals surface area (Å²) < 4.78 is 4.92. The van der Waals surface area contributed by atoms with Crippen molar-refractivity contribution in [3.8, 4) is 0 Å². The smallest absolute Gasteiger partial charge is 0.0702 e. The quantitative estimate of drug-likeness (QED) is 0.658. The Labute approximate surface area is 68.6 Å². The van der Waals surface area contributed by atoms with Gasteiger partial charge in [-0.2, -0.15) is 0 Å². The fourth-order valence-electron chi connectivity index (χ4n) is 1.67. The fraction of sp³-hybridized carbons (Fsp3) is 1.00. The van der Waals surface area contributed by atoms with Crippen LogP contribution >= 0.6 is 0 Å². The lowest BCUT2D eigenvalue weighted by Crippen LogP contribution is -2.13. The van der Waals surface area contributed by atoms with E-state index in [0.717, 1.165) is 12.8 Å². The van der Waals surface area contributed by atoms with Gasteiger partial charge in [0, 0.05) is 13.7 Å². The summed E-state index contributed by atoms with van der Waals surface area (Å²) in [4.78, 5) is 0. The van der Waals surface area contributed by atoms with Crippen molar-refractivity contribution in [3.05, 3.63) is 0 Å². The summed E-state index contributed by atoms with van der Waals surface area (Å²) in [6.07, 6.45) is 4.15. The van der Waals surface area contributed by atoms with Crippen LogP contribution in [-0.4, -0.2) is 24.4 Å². The Bertz CT molecular complexity index is 125. The van der Waals surface area contributed by atoms with Crippen molar-refractivity contribution in [3.63, 3.8) is 0 Å². The molecule has 0 spiro atoms. The van der Waals surface area contributed by atoms with Crippen molar-refractivity contribution in [2.75, 3.05) is 13.7 Å². The second-order valence-corrected chi connectivity index (χ2v) is 3.54. The summed E-state index contributed by atoms with van der Waals surface area (Å²) in [5.74, 6) is 0.558. The van der Waals surface area contributed by atoms with Crippen LogP contribution in [0, 0.1) is 5.92 Å². The van der Waals surface area contributed by atoms with E-state index < -0.39 is 0 Å². The van der Waals surface area contributed by atoms with E-state index in [1.807, 2.05) is 0 Å². The van der Waals surface area contributed by atoms with Gasteiger partial charge in [-0.1, -0.05) is 13.3 Å².